The van der Waals surface area contributed by atoms with Crippen molar-refractivity contribution < 1.29 is 10.0 Å². The van der Waals surface area contributed by atoms with Crippen molar-refractivity contribution in [1.82, 2.24) is 0 Å². The topological polar surface area (TPSA) is 63.4 Å². The third kappa shape index (κ3) is 2.82. The zero-order valence-corrected chi connectivity index (χ0v) is 9.71. The lowest BCUT2D eigenvalue weighted by atomic mass is 9.79. The van der Waals surface area contributed by atoms with Crippen LogP contribution in [0.1, 0.15) is 37.2 Å². The normalized spacial score (nSPS) is 24.5. The molecule has 0 radical (unpaired) electrons. The number of rotatable bonds is 3. The van der Waals surface area contributed by atoms with Crippen molar-refractivity contribution in [2.24, 2.45) is 5.92 Å². The quantitative estimate of drug-likeness (QED) is 0.647. The molecule has 0 amide bonds. The van der Waals surface area contributed by atoms with Crippen LogP contribution in [0, 0.1) is 16.0 Å². The van der Waals surface area contributed by atoms with Crippen LogP contribution in [0.5, 0.6) is 0 Å². The molecule has 2 rings (SSSR count). The fourth-order valence-corrected chi connectivity index (χ4v) is 2.55. The van der Waals surface area contributed by atoms with Crippen molar-refractivity contribution in [3.63, 3.8) is 0 Å². The summed E-state index contributed by atoms with van der Waals surface area (Å²) in [6.45, 7) is 0.285. The standard InChI is InChI=1S/C13H17NO3/c15-9-10-1-3-11(4-2-10)12-5-7-13(8-6-12)14(16)17/h5-8,10-11,15H,1-4,9H2. The van der Waals surface area contributed by atoms with Gasteiger partial charge in [0.25, 0.3) is 5.69 Å². The van der Waals surface area contributed by atoms with Gasteiger partial charge in [-0.05, 0) is 43.1 Å². The molecule has 0 unspecified atom stereocenters. The summed E-state index contributed by atoms with van der Waals surface area (Å²) in [5.41, 5.74) is 1.34. The van der Waals surface area contributed by atoms with Crippen LogP contribution in [0.4, 0.5) is 5.69 Å². The first-order valence-electron chi connectivity index (χ1n) is 6.06. The van der Waals surface area contributed by atoms with Crippen LogP contribution in [0.25, 0.3) is 0 Å². The molecule has 0 spiro atoms. The molecule has 0 bridgehead atoms. The fraction of sp³-hybridized carbons (Fsp3) is 0.538. The number of aliphatic hydroxyl groups is 1. The van der Waals surface area contributed by atoms with Gasteiger partial charge in [0, 0.05) is 18.7 Å². The van der Waals surface area contributed by atoms with E-state index in [-0.39, 0.29) is 17.2 Å². The Kier molecular flexibility index (Phi) is 3.74. The Bertz CT molecular complexity index is 380. The minimum absolute atomic E-state index is 0.151. The Hall–Kier alpha value is -1.42. The Morgan fingerprint density at radius 3 is 2.24 bits per heavy atom. The fourth-order valence-electron chi connectivity index (χ4n) is 2.55. The number of aliphatic hydroxyl groups excluding tert-OH is 1. The molecule has 0 atom stereocenters. The number of hydrogen-bond donors (Lipinski definition) is 1. The summed E-state index contributed by atoms with van der Waals surface area (Å²) in [5.74, 6) is 0.947. The first-order chi connectivity index (χ1) is 8.20. The van der Waals surface area contributed by atoms with Gasteiger partial charge < -0.3 is 5.11 Å². The van der Waals surface area contributed by atoms with Crippen LogP contribution in [0.3, 0.4) is 0 Å². The molecular formula is C13H17NO3. The smallest absolute Gasteiger partial charge is 0.269 e. The lowest BCUT2D eigenvalue weighted by molar-refractivity contribution is -0.384. The van der Waals surface area contributed by atoms with E-state index in [9.17, 15) is 10.1 Å². The Morgan fingerprint density at radius 1 is 1.18 bits per heavy atom. The van der Waals surface area contributed by atoms with Crippen molar-refractivity contribution >= 4 is 5.69 Å². The van der Waals surface area contributed by atoms with Crippen LogP contribution in [0.2, 0.25) is 0 Å². The number of nitro benzene ring substituents is 1. The molecule has 1 N–H and O–H groups in total. The van der Waals surface area contributed by atoms with Gasteiger partial charge in [-0.25, -0.2) is 0 Å². The first-order valence-corrected chi connectivity index (χ1v) is 6.06. The van der Waals surface area contributed by atoms with Gasteiger partial charge in [-0.1, -0.05) is 12.1 Å². The molecular weight excluding hydrogens is 218 g/mol. The first kappa shape index (κ1) is 12.0. The van der Waals surface area contributed by atoms with E-state index in [1.54, 1.807) is 12.1 Å². The lowest BCUT2D eigenvalue weighted by Crippen LogP contribution is -2.16. The van der Waals surface area contributed by atoms with E-state index in [1.807, 2.05) is 12.1 Å². The molecule has 0 aromatic heterocycles. The maximum atomic E-state index is 10.5. The van der Waals surface area contributed by atoms with Crippen LogP contribution >= 0.6 is 0 Å². The minimum atomic E-state index is -0.369. The molecule has 4 nitrogen and oxygen atoms in total. The molecule has 1 aromatic carbocycles. The Morgan fingerprint density at radius 2 is 1.76 bits per heavy atom. The van der Waals surface area contributed by atoms with Crippen molar-refractivity contribution in [3.8, 4) is 0 Å². The maximum Gasteiger partial charge on any atom is 0.269 e. The van der Waals surface area contributed by atoms with Crippen molar-refractivity contribution in [2.75, 3.05) is 6.61 Å². The average molecular weight is 235 g/mol. The summed E-state index contributed by atoms with van der Waals surface area (Å²) in [7, 11) is 0. The number of nitrogens with zero attached hydrogens (tertiary/aromatic N) is 1. The molecule has 0 saturated heterocycles. The van der Waals surface area contributed by atoms with Crippen molar-refractivity contribution in [2.45, 2.75) is 31.6 Å². The van der Waals surface area contributed by atoms with Crippen LogP contribution in [0.15, 0.2) is 24.3 Å². The van der Waals surface area contributed by atoms with Gasteiger partial charge in [-0.2, -0.15) is 0 Å². The van der Waals surface area contributed by atoms with E-state index < -0.39 is 0 Å². The molecule has 0 aliphatic heterocycles. The molecule has 92 valence electrons. The Balaban J connectivity index is 2.01. The second kappa shape index (κ2) is 5.27. The van der Waals surface area contributed by atoms with Crippen LogP contribution in [-0.4, -0.2) is 16.6 Å². The van der Waals surface area contributed by atoms with Gasteiger partial charge >= 0.3 is 0 Å². The summed E-state index contributed by atoms with van der Waals surface area (Å²) >= 11 is 0. The van der Waals surface area contributed by atoms with Gasteiger partial charge in [0.2, 0.25) is 0 Å². The third-order valence-corrected chi connectivity index (χ3v) is 3.68. The van der Waals surface area contributed by atoms with Crippen LogP contribution in [-0.2, 0) is 0 Å². The molecule has 1 aliphatic rings. The summed E-state index contributed by atoms with van der Waals surface area (Å²) < 4.78 is 0. The summed E-state index contributed by atoms with van der Waals surface area (Å²) in [4.78, 5) is 10.2. The van der Waals surface area contributed by atoms with Gasteiger partial charge in [-0.15, -0.1) is 0 Å². The molecule has 1 saturated carbocycles. The van der Waals surface area contributed by atoms with Gasteiger partial charge in [0.1, 0.15) is 0 Å². The summed E-state index contributed by atoms with van der Waals surface area (Å²) in [5, 5.41) is 19.6. The zero-order valence-electron chi connectivity index (χ0n) is 9.71. The molecule has 4 heteroatoms. The monoisotopic (exact) mass is 235 g/mol. The molecule has 17 heavy (non-hydrogen) atoms. The second-order valence-electron chi connectivity index (χ2n) is 4.75. The molecule has 0 heterocycles. The number of hydrogen-bond acceptors (Lipinski definition) is 3. The van der Waals surface area contributed by atoms with E-state index in [0.29, 0.717) is 11.8 Å². The molecule has 1 fully saturated rings. The average Bonchev–Trinajstić information content (AvgIpc) is 2.39. The minimum Gasteiger partial charge on any atom is -0.396 e. The van der Waals surface area contributed by atoms with Gasteiger partial charge in [-0.3, -0.25) is 10.1 Å². The number of non-ortho nitro benzene ring substituents is 1. The SMILES string of the molecule is O=[N+]([O-])c1ccc(C2CCC(CO)CC2)cc1. The predicted octanol–water partition coefficient (Wildman–Crippen LogP) is 2.86. The van der Waals surface area contributed by atoms with Crippen molar-refractivity contribution in [1.29, 1.82) is 0 Å². The third-order valence-electron chi connectivity index (χ3n) is 3.68. The van der Waals surface area contributed by atoms with E-state index >= 15 is 0 Å². The summed E-state index contributed by atoms with van der Waals surface area (Å²) in [6, 6.07) is 6.88. The predicted molar refractivity (Wildman–Crippen MR) is 64.9 cm³/mol. The zero-order chi connectivity index (χ0) is 12.3. The van der Waals surface area contributed by atoms with Gasteiger partial charge in [0.15, 0.2) is 0 Å². The highest BCUT2D eigenvalue weighted by Crippen LogP contribution is 2.35. The molecule has 1 aromatic rings. The largest absolute Gasteiger partial charge is 0.396 e. The number of nitro groups is 1. The van der Waals surface area contributed by atoms with E-state index in [1.165, 1.54) is 5.56 Å². The Labute approximate surface area is 100 Å². The lowest BCUT2D eigenvalue weighted by Gasteiger charge is -2.27. The summed E-state index contributed by atoms with van der Waals surface area (Å²) in [6.07, 6.45) is 4.25. The van der Waals surface area contributed by atoms with E-state index in [2.05, 4.69) is 0 Å². The van der Waals surface area contributed by atoms with Crippen LogP contribution < -0.4 is 0 Å². The maximum absolute atomic E-state index is 10.5. The molecule has 1 aliphatic carbocycles. The second-order valence-corrected chi connectivity index (χ2v) is 4.75. The number of benzene rings is 1. The van der Waals surface area contributed by atoms with Crippen molar-refractivity contribution in [3.05, 3.63) is 39.9 Å². The van der Waals surface area contributed by atoms with E-state index in [4.69, 9.17) is 5.11 Å². The van der Waals surface area contributed by atoms with Gasteiger partial charge in [0.05, 0.1) is 4.92 Å². The van der Waals surface area contributed by atoms with E-state index in [0.717, 1.165) is 25.7 Å². The highest BCUT2D eigenvalue weighted by atomic mass is 16.6. The highest BCUT2D eigenvalue weighted by molar-refractivity contribution is 5.34. The highest BCUT2D eigenvalue weighted by Gasteiger charge is 2.22.